The third kappa shape index (κ3) is 6.02. The lowest BCUT2D eigenvalue weighted by Gasteiger charge is -2.17. The molecule has 134 valence electrons. The number of carbonyl (C=O) groups excluding carboxylic acids is 1. The van der Waals surface area contributed by atoms with Gasteiger partial charge in [-0.05, 0) is 31.9 Å². The van der Waals surface area contributed by atoms with Gasteiger partial charge in [0, 0.05) is 6.42 Å². The second-order valence-corrected chi connectivity index (χ2v) is 8.26. The van der Waals surface area contributed by atoms with E-state index in [2.05, 4.69) is 0 Å². The van der Waals surface area contributed by atoms with E-state index in [1.807, 2.05) is 6.92 Å². The third-order valence-electron chi connectivity index (χ3n) is 4.55. The molecule has 1 aliphatic carbocycles. The molecule has 0 N–H and O–H groups in total. The monoisotopic (exact) mass is 352 g/mol. The lowest BCUT2D eigenvalue weighted by atomic mass is 9.99. The first-order chi connectivity index (χ1) is 11.5. The highest BCUT2D eigenvalue weighted by atomic mass is 32.2. The number of aryl methyl sites for hydroxylation is 1. The van der Waals surface area contributed by atoms with E-state index < -0.39 is 16.2 Å². The van der Waals surface area contributed by atoms with Crippen LogP contribution in [0.25, 0.3) is 0 Å². The molecule has 0 unspecified atom stereocenters. The predicted molar refractivity (Wildman–Crippen MR) is 94.4 cm³/mol. The molecule has 0 radical (unpaired) electrons. The summed E-state index contributed by atoms with van der Waals surface area (Å²) < 4.78 is 30.3. The maximum atomic E-state index is 12.5. The Labute approximate surface area is 145 Å². The zero-order chi connectivity index (χ0) is 17.4. The molecule has 0 amide bonds. The average molecular weight is 352 g/mol. The minimum Gasteiger partial charge on any atom is -0.297 e. The largest absolute Gasteiger partial charge is 0.297 e. The molecule has 1 atom stereocenters. The number of hydrogen-bond acceptors (Lipinski definition) is 4. The molecule has 1 aliphatic rings. The predicted octanol–water partition coefficient (Wildman–Crippen LogP) is 4.55. The van der Waals surface area contributed by atoms with Crippen LogP contribution in [0.4, 0.5) is 0 Å². The number of ketones is 1. The van der Waals surface area contributed by atoms with Crippen LogP contribution in [0, 0.1) is 6.92 Å². The van der Waals surface area contributed by atoms with Crippen LogP contribution in [0.15, 0.2) is 29.2 Å². The standard InChI is InChI=1S/C19H28O4S/c1-16-12-14-17(15-13-16)24(21,22)23-19-11-9-7-5-3-2-4-6-8-10-18(19)20/h12-15,19H,2-11H2,1H3/t19-/m1/s1. The van der Waals surface area contributed by atoms with Gasteiger partial charge in [-0.2, -0.15) is 8.42 Å². The van der Waals surface area contributed by atoms with Gasteiger partial charge in [0.1, 0.15) is 6.10 Å². The molecular formula is C19H28O4S. The van der Waals surface area contributed by atoms with Crippen LogP contribution in [-0.2, 0) is 19.1 Å². The molecule has 0 bridgehead atoms. The van der Waals surface area contributed by atoms with Gasteiger partial charge in [0.25, 0.3) is 10.1 Å². The summed E-state index contributed by atoms with van der Waals surface area (Å²) in [6, 6.07) is 6.53. The Morgan fingerprint density at radius 1 is 0.875 bits per heavy atom. The molecule has 0 saturated heterocycles. The van der Waals surface area contributed by atoms with Gasteiger partial charge in [-0.1, -0.05) is 62.6 Å². The fraction of sp³-hybridized carbons (Fsp3) is 0.632. The minimum atomic E-state index is -3.90. The lowest BCUT2D eigenvalue weighted by molar-refractivity contribution is -0.126. The van der Waals surface area contributed by atoms with Crippen LogP contribution in [-0.4, -0.2) is 20.3 Å². The molecule has 0 heterocycles. The van der Waals surface area contributed by atoms with E-state index in [-0.39, 0.29) is 10.7 Å². The van der Waals surface area contributed by atoms with Crippen molar-refractivity contribution >= 4 is 15.9 Å². The van der Waals surface area contributed by atoms with Crippen LogP contribution in [0.3, 0.4) is 0 Å². The number of carbonyl (C=O) groups is 1. The Bertz CT molecular complexity index is 619. The normalized spacial score (nSPS) is 21.7. The van der Waals surface area contributed by atoms with Gasteiger partial charge < -0.3 is 0 Å². The van der Waals surface area contributed by atoms with E-state index >= 15 is 0 Å². The average Bonchev–Trinajstić information content (AvgIpc) is 2.54. The maximum absolute atomic E-state index is 12.5. The van der Waals surface area contributed by atoms with Gasteiger partial charge in [0.05, 0.1) is 4.90 Å². The van der Waals surface area contributed by atoms with E-state index in [1.165, 1.54) is 25.0 Å². The maximum Gasteiger partial charge on any atom is 0.297 e. The summed E-state index contributed by atoms with van der Waals surface area (Å²) in [6.07, 6.45) is 8.53. The van der Waals surface area contributed by atoms with Crippen molar-refractivity contribution in [3.8, 4) is 0 Å². The van der Waals surface area contributed by atoms with Crippen molar-refractivity contribution in [1.29, 1.82) is 0 Å². The molecule has 4 nitrogen and oxygen atoms in total. The highest BCUT2D eigenvalue weighted by Gasteiger charge is 2.26. The molecule has 0 aliphatic heterocycles. The SMILES string of the molecule is Cc1ccc(S(=O)(=O)O[C@@H]2CCCCCCCCCCC2=O)cc1. The molecule has 1 fully saturated rings. The molecule has 0 spiro atoms. The van der Waals surface area contributed by atoms with Gasteiger partial charge in [-0.25, -0.2) is 0 Å². The highest BCUT2D eigenvalue weighted by molar-refractivity contribution is 7.86. The topological polar surface area (TPSA) is 60.4 Å². The summed E-state index contributed by atoms with van der Waals surface area (Å²) in [4.78, 5) is 12.5. The number of Topliss-reactive ketones (excluding diaryl/α,β-unsaturated/α-hetero) is 1. The summed E-state index contributed by atoms with van der Waals surface area (Å²) in [5, 5.41) is 0. The van der Waals surface area contributed by atoms with Crippen molar-refractivity contribution in [1.82, 2.24) is 0 Å². The zero-order valence-electron chi connectivity index (χ0n) is 14.5. The zero-order valence-corrected chi connectivity index (χ0v) is 15.3. The summed E-state index contributed by atoms with van der Waals surface area (Å²) in [7, 11) is -3.90. The summed E-state index contributed by atoms with van der Waals surface area (Å²) in [5.41, 5.74) is 0.982. The Kier molecular flexibility index (Phi) is 7.43. The summed E-state index contributed by atoms with van der Waals surface area (Å²) >= 11 is 0. The summed E-state index contributed by atoms with van der Waals surface area (Å²) in [6.45, 7) is 1.90. The lowest BCUT2D eigenvalue weighted by Crippen LogP contribution is -2.27. The molecule has 0 aromatic heterocycles. The van der Waals surface area contributed by atoms with Crippen molar-refractivity contribution < 1.29 is 17.4 Å². The van der Waals surface area contributed by atoms with Crippen molar-refractivity contribution in [3.05, 3.63) is 29.8 Å². The van der Waals surface area contributed by atoms with Gasteiger partial charge >= 0.3 is 0 Å². The second-order valence-electron chi connectivity index (χ2n) is 6.69. The molecular weight excluding hydrogens is 324 g/mol. The van der Waals surface area contributed by atoms with Crippen LogP contribution in [0.2, 0.25) is 0 Å². The minimum absolute atomic E-state index is 0.0775. The van der Waals surface area contributed by atoms with Gasteiger partial charge in [0.2, 0.25) is 0 Å². The Hall–Kier alpha value is -1.20. The van der Waals surface area contributed by atoms with Gasteiger partial charge in [-0.3, -0.25) is 8.98 Å². The van der Waals surface area contributed by atoms with Crippen molar-refractivity contribution in [2.24, 2.45) is 0 Å². The van der Waals surface area contributed by atoms with Gasteiger partial charge in [-0.15, -0.1) is 0 Å². The first-order valence-electron chi connectivity index (χ1n) is 9.02. The van der Waals surface area contributed by atoms with Crippen LogP contribution < -0.4 is 0 Å². The van der Waals surface area contributed by atoms with E-state index in [4.69, 9.17) is 4.18 Å². The van der Waals surface area contributed by atoms with Crippen molar-refractivity contribution in [2.75, 3.05) is 0 Å². The highest BCUT2D eigenvalue weighted by Crippen LogP contribution is 2.21. The van der Waals surface area contributed by atoms with Crippen LogP contribution in [0.1, 0.15) is 69.8 Å². The second kappa shape index (κ2) is 9.33. The Morgan fingerprint density at radius 3 is 2.04 bits per heavy atom. The van der Waals surface area contributed by atoms with Crippen LogP contribution >= 0.6 is 0 Å². The van der Waals surface area contributed by atoms with E-state index in [0.29, 0.717) is 12.8 Å². The van der Waals surface area contributed by atoms with Crippen molar-refractivity contribution in [3.63, 3.8) is 0 Å². The number of hydrogen-bond donors (Lipinski definition) is 0. The smallest absolute Gasteiger partial charge is 0.297 e. The molecule has 1 aromatic rings. The number of rotatable bonds is 3. The fourth-order valence-electron chi connectivity index (χ4n) is 3.03. The molecule has 1 saturated carbocycles. The first kappa shape index (κ1) is 19.1. The summed E-state index contributed by atoms with van der Waals surface area (Å²) in [5.74, 6) is -0.0775. The molecule has 2 rings (SSSR count). The van der Waals surface area contributed by atoms with E-state index in [0.717, 1.165) is 44.1 Å². The van der Waals surface area contributed by atoms with Crippen molar-refractivity contribution in [2.45, 2.75) is 82.1 Å². The first-order valence-corrected chi connectivity index (χ1v) is 10.4. The fourth-order valence-corrected chi connectivity index (χ4v) is 4.12. The van der Waals surface area contributed by atoms with Gasteiger partial charge in [0.15, 0.2) is 5.78 Å². The Balaban J connectivity index is 2.06. The van der Waals surface area contributed by atoms with E-state index in [1.54, 1.807) is 12.1 Å². The quantitative estimate of drug-likeness (QED) is 0.749. The molecule has 24 heavy (non-hydrogen) atoms. The van der Waals surface area contributed by atoms with E-state index in [9.17, 15) is 13.2 Å². The third-order valence-corrected chi connectivity index (χ3v) is 5.89. The van der Waals surface area contributed by atoms with Crippen LogP contribution in [0.5, 0.6) is 0 Å². The number of benzene rings is 1. The Morgan fingerprint density at radius 2 is 1.42 bits per heavy atom. The molecule has 5 heteroatoms. The molecule has 1 aromatic carbocycles.